The monoisotopic (exact) mass is 315 g/mol. The van der Waals surface area contributed by atoms with Crippen LogP contribution in [0.1, 0.15) is 55.5 Å². The number of amides is 1. The molecule has 0 saturated carbocycles. The molecule has 3 rings (SSSR count). The van der Waals surface area contributed by atoms with Crippen LogP contribution in [-0.2, 0) is 11.8 Å². The standard InChI is InChI=1S/C17H25N5O/c1-17(2,3)15-10-14(20-21-15)16(23)22-8-4-5-12(11-22)9-13-6-7-18-19-13/h6-7,10,12H,4-5,8-9,11H2,1-3H3,(H,18,19)(H,20,21). The first-order valence-corrected chi connectivity index (χ1v) is 8.27. The van der Waals surface area contributed by atoms with Crippen LogP contribution in [0.2, 0.25) is 0 Å². The van der Waals surface area contributed by atoms with Gasteiger partial charge in [0.15, 0.2) is 0 Å². The van der Waals surface area contributed by atoms with E-state index in [0.717, 1.165) is 43.7 Å². The first kappa shape index (κ1) is 15.8. The predicted octanol–water partition coefficient (Wildman–Crippen LogP) is 2.53. The smallest absolute Gasteiger partial charge is 0.274 e. The summed E-state index contributed by atoms with van der Waals surface area (Å²) >= 11 is 0. The Morgan fingerprint density at radius 2 is 2.22 bits per heavy atom. The van der Waals surface area contributed by atoms with Crippen LogP contribution < -0.4 is 0 Å². The van der Waals surface area contributed by atoms with Crippen molar-refractivity contribution in [3.63, 3.8) is 0 Å². The molecule has 0 aromatic carbocycles. The topological polar surface area (TPSA) is 77.7 Å². The van der Waals surface area contributed by atoms with Crippen molar-refractivity contribution in [1.82, 2.24) is 25.3 Å². The zero-order chi connectivity index (χ0) is 16.4. The molecule has 1 aliphatic heterocycles. The van der Waals surface area contributed by atoms with Gasteiger partial charge in [0.25, 0.3) is 5.91 Å². The van der Waals surface area contributed by atoms with Crippen LogP contribution in [0.15, 0.2) is 18.3 Å². The van der Waals surface area contributed by atoms with Gasteiger partial charge in [0.05, 0.1) is 0 Å². The first-order chi connectivity index (χ1) is 10.9. The lowest BCUT2D eigenvalue weighted by atomic mass is 9.92. The van der Waals surface area contributed by atoms with E-state index in [1.54, 1.807) is 6.20 Å². The Hall–Kier alpha value is -2.11. The normalized spacial score (nSPS) is 19.1. The molecule has 124 valence electrons. The molecule has 1 atom stereocenters. The fraction of sp³-hybridized carbons (Fsp3) is 0.588. The highest BCUT2D eigenvalue weighted by Gasteiger charge is 2.27. The maximum Gasteiger partial charge on any atom is 0.274 e. The Balaban J connectivity index is 1.66. The highest BCUT2D eigenvalue weighted by Crippen LogP contribution is 2.23. The molecule has 0 radical (unpaired) electrons. The van der Waals surface area contributed by atoms with E-state index < -0.39 is 0 Å². The summed E-state index contributed by atoms with van der Waals surface area (Å²) in [4.78, 5) is 14.6. The second kappa shape index (κ2) is 6.18. The van der Waals surface area contributed by atoms with Gasteiger partial charge in [0.1, 0.15) is 5.69 Å². The van der Waals surface area contributed by atoms with Crippen LogP contribution in [0, 0.1) is 5.92 Å². The number of hydrogen-bond acceptors (Lipinski definition) is 3. The number of aromatic nitrogens is 4. The average Bonchev–Trinajstić information content (AvgIpc) is 3.17. The maximum atomic E-state index is 12.7. The fourth-order valence-corrected chi connectivity index (χ4v) is 3.10. The lowest BCUT2D eigenvalue weighted by molar-refractivity contribution is 0.0667. The summed E-state index contributed by atoms with van der Waals surface area (Å²) < 4.78 is 0. The number of aromatic amines is 2. The van der Waals surface area contributed by atoms with E-state index in [2.05, 4.69) is 41.2 Å². The van der Waals surface area contributed by atoms with E-state index in [1.807, 2.05) is 17.0 Å². The van der Waals surface area contributed by atoms with Crippen molar-refractivity contribution in [3.8, 4) is 0 Å². The minimum atomic E-state index is -0.0312. The van der Waals surface area contributed by atoms with Crippen molar-refractivity contribution < 1.29 is 4.79 Å². The van der Waals surface area contributed by atoms with Crippen molar-refractivity contribution >= 4 is 5.91 Å². The lowest BCUT2D eigenvalue weighted by Crippen LogP contribution is -2.40. The van der Waals surface area contributed by atoms with Gasteiger partial charge in [0, 0.05) is 36.1 Å². The van der Waals surface area contributed by atoms with E-state index in [4.69, 9.17) is 0 Å². The molecule has 1 unspecified atom stereocenters. The summed E-state index contributed by atoms with van der Waals surface area (Å²) in [6.07, 6.45) is 4.91. The Morgan fingerprint density at radius 3 is 2.87 bits per heavy atom. The Bertz CT molecular complexity index is 653. The third kappa shape index (κ3) is 3.63. The molecule has 2 aromatic heterocycles. The second-order valence-corrected chi connectivity index (χ2v) is 7.46. The van der Waals surface area contributed by atoms with Crippen LogP contribution >= 0.6 is 0 Å². The molecule has 0 bridgehead atoms. The molecule has 23 heavy (non-hydrogen) atoms. The summed E-state index contributed by atoms with van der Waals surface area (Å²) in [5.41, 5.74) is 2.62. The number of nitrogens with zero attached hydrogens (tertiary/aromatic N) is 3. The van der Waals surface area contributed by atoms with Crippen LogP contribution in [0.4, 0.5) is 0 Å². The number of carbonyl (C=O) groups is 1. The van der Waals surface area contributed by atoms with Crippen molar-refractivity contribution in [3.05, 3.63) is 35.4 Å². The van der Waals surface area contributed by atoms with E-state index in [9.17, 15) is 4.79 Å². The molecule has 0 spiro atoms. The molecule has 1 fully saturated rings. The van der Waals surface area contributed by atoms with Gasteiger partial charge in [0.2, 0.25) is 0 Å². The van der Waals surface area contributed by atoms with E-state index in [0.29, 0.717) is 11.6 Å². The van der Waals surface area contributed by atoms with Crippen molar-refractivity contribution in [1.29, 1.82) is 0 Å². The number of piperidine rings is 1. The second-order valence-electron chi connectivity index (χ2n) is 7.46. The predicted molar refractivity (Wildman–Crippen MR) is 88.2 cm³/mol. The van der Waals surface area contributed by atoms with Crippen molar-refractivity contribution in [2.75, 3.05) is 13.1 Å². The van der Waals surface area contributed by atoms with E-state index in [1.165, 1.54) is 0 Å². The summed E-state index contributed by atoms with van der Waals surface area (Å²) in [6, 6.07) is 3.89. The molecular weight excluding hydrogens is 290 g/mol. The van der Waals surface area contributed by atoms with Crippen LogP contribution in [0.3, 0.4) is 0 Å². The average molecular weight is 315 g/mol. The van der Waals surface area contributed by atoms with Gasteiger partial charge in [-0.3, -0.25) is 15.0 Å². The molecule has 1 aliphatic rings. The van der Waals surface area contributed by atoms with E-state index in [-0.39, 0.29) is 11.3 Å². The lowest BCUT2D eigenvalue weighted by Gasteiger charge is -2.32. The molecule has 3 heterocycles. The minimum absolute atomic E-state index is 0.0312. The summed E-state index contributed by atoms with van der Waals surface area (Å²) in [5.74, 6) is 0.514. The third-order valence-corrected chi connectivity index (χ3v) is 4.48. The molecule has 2 N–H and O–H groups in total. The summed E-state index contributed by atoms with van der Waals surface area (Å²) in [5, 5.41) is 14.2. The van der Waals surface area contributed by atoms with Crippen LogP contribution in [-0.4, -0.2) is 44.3 Å². The molecule has 6 heteroatoms. The van der Waals surface area contributed by atoms with Gasteiger partial charge >= 0.3 is 0 Å². The van der Waals surface area contributed by atoms with Gasteiger partial charge in [-0.15, -0.1) is 0 Å². The minimum Gasteiger partial charge on any atom is -0.337 e. The number of nitrogens with one attached hydrogen (secondary N) is 2. The summed E-state index contributed by atoms with van der Waals surface area (Å²) in [7, 11) is 0. The molecule has 2 aromatic rings. The number of hydrogen-bond donors (Lipinski definition) is 2. The van der Waals surface area contributed by atoms with Crippen molar-refractivity contribution in [2.24, 2.45) is 5.92 Å². The molecular formula is C17H25N5O. The maximum absolute atomic E-state index is 12.7. The fourth-order valence-electron chi connectivity index (χ4n) is 3.10. The SMILES string of the molecule is CC(C)(C)c1cc(C(=O)N2CCCC(Cc3ccn[nH]3)C2)n[nH]1. The molecule has 1 amide bonds. The van der Waals surface area contributed by atoms with Gasteiger partial charge in [-0.2, -0.15) is 10.2 Å². The first-order valence-electron chi connectivity index (χ1n) is 8.27. The number of rotatable bonds is 3. The Morgan fingerprint density at radius 1 is 1.39 bits per heavy atom. The highest BCUT2D eigenvalue weighted by atomic mass is 16.2. The molecule has 1 saturated heterocycles. The van der Waals surface area contributed by atoms with Gasteiger partial charge in [-0.05, 0) is 37.3 Å². The van der Waals surface area contributed by atoms with Crippen LogP contribution in [0.5, 0.6) is 0 Å². The quantitative estimate of drug-likeness (QED) is 0.913. The zero-order valence-corrected chi connectivity index (χ0v) is 14.1. The molecule has 0 aliphatic carbocycles. The zero-order valence-electron chi connectivity index (χ0n) is 14.1. The van der Waals surface area contributed by atoms with Gasteiger partial charge < -0.3 is 4.90 Å². The van der Waals surface area contributed by atoms with Crippen LogP contribution in [0.25, 0.3) is 0 Å². The van der Waals surface area contributed by atoms with Gasteiger partial charge in [-0.25, -0.2) is 0 Å². The summed E-state index contributed by atoms with van der Waals surface area (Å²) in [6.45, 7) is 7.92. The molecule has 6 nitrogen and oxygen atoms in total. The number of carbonyl (C=O) groups excluding carboxylic acids is 1. The Labute approximate surface area is 136 Å². The van der Waals surface area contributed by atoms with Crippen molar-refractivity contribution in [2.45, 2.75) is 45.4 Å². The van der Waals surface area contributed by atoms with Gasteiger partial charge in [-0.1, -0.05) is 20.8 Å². The largest absolute Gasteiger partial charge is 0.337 e. The van der Waals surface area contributed by atoms with E-state index >= 15 is 0 Å². The number of likely N-dealkylation sites (tertiary alicyclic amines) is 1. The number of H-pyrrole nitrogens is 2. The highest BCUT2D eigenvalue weighted by molar-refractivity contribution is 5.92. The Kier molecular flexibility index (Phi) is 4.24. The third-order valence-electron chi connectivity index (χ3n) is 4.48.